The molecular weight excluding hydrogens is 222 g/mol. The SMILES string of the molecule is [N-]=[N+]=NC(C=Cc1ccccc1)c1ccccc1. The van der Waals surface area contributed by atoms with Crippen LogP contribution in [0, 0.1) is 0 Å². The van der Waals surface area contributed by atoms with Crippen molar-refractivity contribution in [3.05, 3.63) is 88.3 Å². The number of hydrogen-bond donors (Lipinski definition) is 0. The first-order valence-corrected chi connectivity index (χ1v) is 5.72. The molecule has 0 aliphatic rings. The maximum absolute atomic E-state index is 8.62. The van der Waals surface area contributed by atoms with Crippen molar-refractivity contribution in [2.45, 2.75) is 6.04 Å². The number of hydrogen-bond acceptors (Lipinski definition) is 1. The topological polar surface area (TPSA) is 48.8 Å². The second kappa shape index (κ2) is 6.28. The highest BCUT2D eigenvalue weighted by Crippen LogP contribution is 2.20. The Morgan fingerprint density at radius 1 is 0.944 bits per heavy atom. The molecule has 2 aromatic carbocycles. The van der Waals surface area contributed by atoms with Gasteiger partial charge in [0.15, 0.2) is 0 Å². The minimum absolute atomic E-state index is 0.267. The van der Waals surface area contributed by atoms with E-state index in [0.717, 1.165) is 11.1 Å². The Morgan fingerprint density at radius 2 is 1.56 bits per heavy atom. The summed E-state index contributed by atoms with van der Waals surface area (Å²) in [6.45, 7) is 0. The number of azide groups is 1. The largest absolute Gasteiger partial charge is 0.0818 e. The molecule has 1 atom stereocenters. The van der Waals surface area contributed by atoms with Crippen LogP contribution in [0.5, 0.6) is 0 Å². The Hall–Kier alpha value is -2.51. The summed E-state index contributed by atoms with van der Waals surface area (Å²) >= 11 is 0. The second-order valence-electron chi connectivity index (χ2n) is 3.83. The van der Waals surface area contributed by atoms with E-state index in [2.05, 4.69) is 10.0 Å². The maximum atomic E-state index is 8.62. The van der Waals surface area contributed by atoms with Crippen molar-refractivity contribution in [3.63, 3.8) is 0 Å². The molecule has 0 amide bonds. The summed E-state index contributed by atoms with van der Waals surface area (Å²) in [7, 11) is 0. The molecule has 0 N–H and O–H groups in total. The van der Waals surface area contributed by atoms with E-state index in [0.29, 0.717) is 0 Å². The molecule has 88 valence electrons. The van der Waals surface area contributed by atoms with Crippen molar-refractivity contribution in [1.82, 2.24) is 0 Å². The zero-order valence-corrected chi connectivity index (χ0v) is 9.85. The lowest BCUT2D eigenvalue weighted by Gasteiger charge is -2.05. The Morgan fingerprint density at radius 3 is 2.17 bits per heavy atom. The number of benzene rings is 2. The summed E-state index contributed by atoms with van der Waals surface area (Å²) in [5.74, 6) is 0. The monoisotopic (exact) mass is 235 g/mol. The van der Waals surface area contributed by atoms with E-state index in [1.54, 1.807) is 0 Å². The third kappa shape index (κ3) is 3.24. The smallest absolute Gasteiger partial charge is 0.0809 e. The summed E-state index contributed by atoms with van der Waals surface area (Å²) < 4.78 is 0. The predicted molar refractivity (Wildman–Crippen MR) is 73.8 cm³/mol. The van der Waals surface area contributed by atoms with Crippen LogP contribution in [0.1, 0.15) is 17.2 Å². The molecule has 3 heteroatoms. The van der Waals surface area contributed by atoms with Crippen molar-refractivity contribution >= 4 is 6.08 Å². The number of rotatable bonds is 4. The second-order valence-corrected chi connectivity index (χ2v) is 3.83. The summed E-state index contributed by atoms with van der Waals surface area (Å²) in [6, 6.07) is 19.4. The van der Waals surface area contributed by atoms with Crippen molar-refractivity contribution < 1.29 is 0 Å². The van der Waals surface area contributed by atoms with Gasteiger partial charge in [-0.15, -0.1) is 0 Å². The van der Waals surface area contributed by atoms with Crippen LogP contribution < -0.4 is 0 Å². The third-order valence-electron chi connectivity index (χ3n) is 2.59. The first-order chi connectivity index (χ1) is 8.90. The lowest BCUT2D eigenvalue weighted by molar-refractivity contribution is 0.901. The van der Waals surface area contributed by atoms with Gasteiger partial charge in [-0.25, -0.2) is 0 Å². The summed E-state index contributed by atoms with van der Waals surface area (Å²) in [5, 5.41) is 3.80. The lowest BCUT2D eigenvalue weighted by atomic mass is 10.1. The maximum Gasteiger partial charge on any atom is 0.0809 e. The van der Waals surface area contributed by atoms with E-state index in [4.69, 9.17) is 5.53 Å². The Balaban J connectivity index is 2.22. The van der Waals surface area contributed by atoms with E-state index in [9.17, 15) is 0 Å². The molecule has 18 heavy (non-hydrogen) atoms. The molecule has 3 nitrogen and oxygen atoms in total. The van der Waals surface area contributed by atoms with E-state index in [-0.39, 0.29) is 6.04 Å². The zero-order chi connectivity index (χ0) is 12.6. The molecule has 2 aromatic rings. The van der Waals surface area contributed by atoms with Gasteiger partial charge in [0, 0.05) is 4.91 Å². The van der Waals surface area contributed by atoms with Crippen LogP contribution in [-0.4, -0.2) is 0 Å². The summed E-state index contributed by atoms with van der Waals surface area (Å²) in [5.41, 5.74) is 10.7. The van der Waals surface area contributed by atoms with E-state index < -0.39 is 0 Å². The first-order valence-electron chi connectivity index (χ1n) is 5.72. The molecular formula is C15H13N3. The van der Waals surface area contributed by atoms with Crippen molar-refractivity contribution in [1.29, 1.82) is 0 Å². The zero-order valence-electron chi connectivity index (χ0n) is 9.85. The molecule has 0 bridgehead atoms. The van der Waals surface area contributed by atoms with Crippen LogP contribution in [0.25, 0.3) is 16.5 Å². The van der Waals surface area contributed by atoms with Gasteiger partial charge in [0.05, 0.1) is 6.04 Å². The van der Waals surface area contributed by atoms with Crippen LogP contribution >= 0.6 is 0 Å². The molecule has 1 unspecified atom stereocenters. The molecule has 2 rings (SSSR count). The number of nitrogens with zero attached hydrogens (tertiary/aromatic N) is 3. The fourth-order valence-corrected chi connectivity index (χ4v) is 1.69. The van der Waals surface area contributed by atoms with E-state index in [1.807, 2.05) is 72.8 Å². The van der Waals surface area contributed by atoms with E-state index in [1.165, 1.54) is 0 Å². The van der Waals surface area contributed by atoms with Gasteiger partial charge in [0.25, 0.3) is 0 Å². The molecule has 0 aliphatic carbocycles. The van der Waals surface area contributed by atoms with Crippen LogP contribution in [0.2, 0.25) is 0 Å². The predicted octanol–water partition coefficient (Wildman–Crippen LogP) is 4.75. The van der Waals surface area contributed by atoms with Gasteiger partial charge in [0.1, 0.15) is 0 Å². The lowest BCUT2D eigenvalue weighted by Crippen LogP contribution is -1.89. The highest BCUT2D eigenvalue weighted by Gasteiger charge is 2.03. The quantitative estimate of drug-likeness (QED) is 0.417. The fourth-order valence-electron chi connectivity index (χ4n) is 1.69. The van der Waals surface area contributed by atoms with Gasteiger partial charge < -0.3 is 0 Å². The molecule has 0 saturated heterocycles. The molecule has 0 aliphatic heterocycles. The minimum atomic E-state index is -0.267. The van der Waals surface area contributed by atoms with Crippen LogP contribution in [0.4, 0.5) is 0 Å². The highest BCUT2D eigenvalue weighted by atomic mass is 15.1. The minimum Gasteiger partial charge on any atom is -0.0818 e. The average Bonchev–Trinajstić information content (AvgIpc) is 2.45. The Labute approximate surface area is 106 Å². The molecule has 0 radical (unpaired) electrons. The first kappa shape index (κ1) is 12.0. The summed E-state index contributed by atoms with van der Waals surface area (Å²) in [4.78, 5) is 2.90. The third-order valence-corrected chi connectivity index (χ3v) is 2.59. The van der Waals surface area contributed by atoms with Crippen molar-refractivity contribution in [3.8, 4) is 0 Å². The van der Waals surface area contributed by atoms with Gasteiger partial charge in [-0.05, 0) is 16.7 Å². The van der Waals surface area contributed by atoms with Gasteiger partial charge in [-0.1, -0.05) is 77.9 Å². The van der Waals surface area contributed by atoms with Gasteiger partial charge in [-0.2, -0.15) is 0 Å². The fraction of sp³-hybridized carbons (Fsp3) is 0.0667. The standard InChI is InChI=1S/C15H13N3/c16-18-17-15(14-9-5-2-6-10-14)12-11-13-7-3-1-4-8-13/h1-12,15H. The highest BCUT2D eigenvalue weighted by molar-refractivity contribution is 5.50. The molecule has 0 heterocycles. The molecule has 0 spiro atoms. The van der Waals surface area contributed by atoms with Crippen LogP contribution in [-0.2, 0) is 0 Å². The van der Waals surface area contributed by atoms with Crippen LogP contribution in [0.15, 0.2) is 71.9 Å². The van der Waals surface area contributed by atoms with Crippen molar-refractivity contribution in [2.75, 3.05) is 0 Å². The van der Waals surface area contributed by atoms with Gasteiger partial charge in [0.2, 0.25) is 0 Å². The Bertz CT molecular complexity index is 555. The normalized spacial score (nSPS) is 12.0. The van der Waals surface area contributed by atoms with Crippen LogP contribution in [0.3, 0.4) is 0 Å². The summed E-state index contributed by atoms with van der Waals surface area (Å²) in [6.07, 6.45) is 3.87. The van der Waals surface area contributed by atoms with Crippen molar-refractivity contribution in [2.24, 2.45) is 5.11 Å². The van der Waals surface area contributed by atoms with Gasteiger partial charge in [-0.3, -0.25) is 0 Å². The molecule has 0 aromatic heterocycles. The molecule has 0 saturated carbocycles. The average molecular weight is 235 g/mol. The Kier molecular flexibility index (Phi) is 4.17. The molecule has 0 fully saturated rings. The van der Waals surface area contributed by atoms with Gasteiger partial charge >= 0.3 is 0 Å². The van der Waals surface area contributed by atoms with E-state index >= 15 is 0 Å².